The number of fused-ring (bicyclic) bond motifs is 2. The van der Waals surface area contributed by atoms with E-state index in [0.717, 1.165) is 43.3 Å². The first-order valence-corrected chi connectivity index (χ1v) is 18.2. The van der Waals surface area contributed by atoms with E-state index in [1.807, 2.05) is 42.5 Å². The maximum absolute atomic E-state index is 12.0. The Morgan fingerprint density at radius 1 is 1.05 bits per heavy atom. The second-order valence-corrected chi connectivity index (χ2v) is 15.0. The lowest BCUT2D eigenvalue weighted by atomic mass is 10.1. The molecule has 1 fully saturated rings. The van der Waals surface area contributed by atoms with Crippen LogP contribution in [0.4, 0.5) is 11.4 Å². The molecule has 0 aliphatic carbocycles. The highest BCUT2D eigenvalue weighted by Crippen LogP contribution is 2.52. The van der Waals surface area contributed by atoms with Crippen LogP contribution in [0, 0.1) is 0 Å². The lowest BCUT2D eigenvalue weighted by Gasteiger charge is -2.29. The van der Waals surface area contributed by atoms with Crippen molar-refractivity contribution in [2.45, 2.75) is 25.6 Å². The summed E-state index contributed by atoms with van der Waals surface area (Å²) in [6, 6.07) is 14.6. The molecule has 13 nitrogen and oxygen atoms in total. The lowest BCUT2D eigenvalue weighted by molar-refractivity contribution is 0.122. The van der Waals surface area contributed by atoms with Crippen LogP contribution in [-0.4, -0.2) is 79.8 Å². The second kappa shape index (κ2) is 13.2. The molecule has 0 saturated carbocycles. The predicted octanol–water partition coefficient (Wildman–Crippen LogP) is 4.61. The topological polar surface area (TPSA) is 173 Å². The summed E-state index contributed by atoms with van der Waals surface area (Å²) in [5, 5.41) is 6.76. The van der Waals surface area contributed by atoms with Gasteiger partial charge in [-0.25, -0.2) is 4.98 Å². The van der Waals surface area contributed by atoms with Crippen LogP contribution in [0.5, 0.6) is 5.88 Å². The Bertz CT molecular complexity index is 1780. The van der Waals surface area contributed by atoms with Crippen LogP contribution >= 0.6 is 23.5 Å². The summed E-state index contributed by atoms with van der Waals surface area (Å²) < 4.78 is 62.5. The molecular weight excluding hydrogens is 637 g/mol. The van der Waals surface area contributed by atoms with Gasteiger partial charge in [-0.2, -0.15) is 16.8 Å². The van der Waals surface area contributed by atoms with E-state index in [-0.39, 0.29) is 19.0 Å². The number of azide groups is 1. The van der Waals surface area contributed by atoms with Gasteiger partial charge in [-0.15, -0.1) is 0 Å². The number of morpholine rings is 1. The highest BCUT2D eigenvalue weighted by molar-refractivity contribution is 8.05. The first-order chi connectivity index (χ1) is 20.5. The first-order valence-electron chi connectivity index (χ1n) is 13.0. The van der Waals surface area contributed by atoms with E-state index >= 15 is 0 Å². The minimum atomic E-state index is -3.79. The van der Waals surface area contributed by atoms with Gasteiger partial charge in [0.15, 0.2) is 0 Å². The number of hydrogen-bond acceptors (Lipinski definition) is 13. The van der Waals surface area contributed by atoms with Gasteiger partial charge in [0.1, 0.15) is 0 Å². The average Bonchev–Trinajstić information content (AvgIpc) is 2.96. The standard InChI is InChI=1S/C26H28N6O7S4/c1-42(33,34)38-16-18(15-28-31-27)29-17-6-7-22-24(12-17)40-23-5-3-4-20(26(23)41-22)21-13-19(32-8-10-37-11-9-32)14-25(30-21)39-43(2,35)36/h3-7,12-14,18,29H,8-11,15-16H2,1-2H3. The van der Waals surface area contributed by atoms with Crippen molar-refractivity contribution >= 4 is 55.1 Å². The fourth-order valence-corrected chi connectivity index (χ4v) is 7.66. The third-order valence-electron chi connectivity index (χ3n) is 6.25. The van der Waals surface area contributed by atoms with Crippen molar-refractivity contribution < 1.29 is 29.9 Å². The minimum Gasteiger partial charge on any atom is -0.380 e. The molecule has 43 heavy (non-hydrogen) atoms. The zero-order valence-electron chi connectivity index (χ0n) is 23.2. The van der Waals surface area contributed by atoms with E-state index in [9.17, 15) is 16.8 Å². The van der Waals surface area contributed by atoms with Crippen molar-refractivity contribution in [1.82, 2.24) is 4.98 Å². The van der Waals surface area contributed by atoms with Crippen LogP contribution < -0.4 is 14.4 Å². The molecule has 1 saturated heterocycles. The molecule has 0 spiro atoms. The maximum atomic E-state index is 12.0. The van der Waals surface area contributed by atoms with E-state index in [0.29, 0.717) is 37.7 Å². The summed E-state index contributed by atoms with van der Waals surface area (Å²) in [7, 11) is -7.46. The van der Waals surface area contributed by atoms with Gasteiger partial charge in [0.25, 0.3) is 10.1 Å². The summed E-state index contributed by atoms with van der Waals surface area (Å²) in [5.41, 5.74) is 11.7. The van der Waals surface area contributed by atoms with Gasteiger partial charge in [-0.1, -0.05) is 40.8 Å². The molecule has 1 atom stereocenters. The molecule has 2 aliphatic rings. The third-order valence-corrected chi connectivity index (χ3v) is 9.88. The molecule has 0 amide bonds. The fourth-order valence-electron chi connectivity index (χ4n) is 4.44. The quantitative estimate of drug-likeness (QED) is 0.102. The third kappa shape index (κ3) is 8.47. The average molecular weight is 665 g/mol. The molecule has 1 aromatic heterocycles. The van der Waals surface area contributed by atoms with Gasteiger partial charge >= 0.3 is 10.1 Å². The first kappa shape index (κ1) is 31.3. The van der Waals surface area contributed by atoms with Crippen LogP contribution in [0.3, 0.4) is 0 Å². The normalized spacial score (nSPS) is 15.5. The lowest BCUT2D eigenvalue weighted by Crippen LogP contribution is -2.36. The van der Waals surface area contributed by atoms with Gasteiger partial charge in [0.2, 0.25) is 5.88 Å². The summed E-state index contributed by atoms with van der Waals surface area (Å²) in [6.07, 6.45) is 1.95. The molecule has 3 aromatic rings. The Kier molecular flexibility index (Phi) is 9.60. The van der Waals surface area contributed by atoms with E-state index in [2.05, 4.69) is 25.2 Å². The molecule has 1 N–H and O–H groups in total. The zero-order valence-corrected chi connectivity index (χ0v) is 26.4. The Labute approximate surface area is 258 Å². The number of nitrogens with zero attached hydrogens (tertiary/aromatic N) is 5. The second-order valence-electron chi connectivity index (χ2n) is 9.68. The molecular formula is C26H28N6O7S4. The van der Waals surface area contributed by atoms with Crippen molar-refractivity contribution in [2.24, 2.45) is 5.11 Å². The van der Waals surface area contributed by atoms with Gasteiger partial charge in [0, 0.05) is 67.1 Å². The van der Waals surface area contributed by atoms with Gasteiger partial charge in [-0.3, -0.25) is 4.18 Å². The molecule has 17 heteroatoms. The van der Waals surface area contributed by atoms with Crippen LogP contribution in [0.15, 0.2) is 73.2 Å². The highest BCUT2D eigenvalue weighted by Gasteiger charge is 2.24. The van der Waals surface area contributed by atoms with Gasteiger partial charge < -0.3 is 19.1 Å². The number of pyridine rings is 1. The predicted molar refractivity (Wildman–Crippen MR) is 165 cm³/mol. The molecule has 0 bridgehead atoms. The van der Waals surface area contributed by atoms with Crippen molar-refractivity contribution in [2.75, 3.05) is 62.2 Å². The number of aromatic nitrogens is 1. The number of nitrogens with one attached hydrogen (secondary N) is 1. The SMILES string of the molecule is CS(=O)(=O)OCC(CN=[N+]=[N-])Nc1ccc2c(c1)Sc1cccc(-c3cc(N4CCOCC4)cc(OS(C)(=O)=O)n3)c1S2. The largest absolute Gasteiger partial charge is 0.380 e. The van der Waals surface area contributed by atoms with Crippen molar-refractivity contribution in [1.29, 1.82) is 0 Å². The Morgan fingerprint density at radius 2 is 1.84 bits per heavy atom. The Morgan fingerprint density at radius 3 is 2.56 bits per heavy atom. The molecule has 0 radical (unpaired) electrons. The van der Waals surface area contributed by atoms with E-state index in [1.54, 1.807) is 29.6 Å². The molecule has 5 rings (SSSR count). The van der Waals surface area contributed by atoms with E-state index < -0.39 is 26.3 Å². The fraction of sp³-hybridized carbons (Fsp3) is 0.346. The number of ether oxygens (including phenoxy) is 1. The van der Waals surface area contributed by atoms with Crippen LogP contribution in [0.2, 0.25) is 0 Å². The molecule has 3 heterocycles. The smallest absolute Gasteiger partial charge is 0.307 e. The monoisotopic (exact) mass is 664 g/mol. The number of anilines is 2. The molecule has 1 unspecified atom stereocenters. The van der Waals surface area contributed by atoms with E-state index in [4.69, 9.17) is 18.6 Å². The van der Waals surface area contributed by atoms with Gasteiger partial charge in [0.05, 0.1) is 44.1 Å². The Hall–Kier alpha value is -3.18. The zero-order chi connectivity index (χ0) is 30.6. The number of rotatable bonds is 11. The van der Waals surface area contributed by atoms with Crippen LogP contribution in [-0.2, 0) is 29.2 Å². The summed E-state index contributed by atoms with van der Waals surface area (Å²) >= 11 is 3.13. The van der Waals surface area contributed by atoms with Crippen LogP contribution in [0.1, 0.15) is 0 Å². The van der Waals surface area contributed by atoms with Crippen LogP contribution in [0.25, 0.3) is 21.7 Å². The Balaban J connectivity index is 1.44. The maximum Gasteiger partial charge on any atom is 0.307 e. The van der Waals surface area contributed by atoms with E-state index in [1.165, 1.54) is 0 Å². The van der Waals surface area contributed by atoms with Crippen molar-refractivity contribution in [3.8, 4) is 17.1 Å². The minimum absolute atomic E-state index is 0.00110. The highest BCUT2D eigenvalue weighted by atomic mass is 32.2. The van der Waals surface area contributed by atoms with Gasteiger partial charge in [-0.05, 0) is 35.9 Å². The number of benzene rings is 2. The summed E-state index contributed by atoms with van der Waals surface area (Å²) in [5.74, 6) is -0.00110. The molecule has 2 aromatic carbocycles. The van der Waals surface area contributed by atoms with Crippen molar-refractivity contribution in [3.05, 3.63) is 59.0 Å². The molecule has 2 aliphatic heterocycles. The number of hydrogen-bond donors (Lipinski definition) is 1. The molecule has 228 valence electrons. The summed E-state index contributed by atoms with van der Waals surface area (Å²) in [4.78, 5) is 13.4. The summed E-state index contributed by atoms with van der Waals surface area (Å²) in [6.45, 7) is 2.26. The van der Waals surface area contributed by atoms with Crippen molar-refractivity contribution in [3.63, 3.8) is 0 Å².